The zero-order chi connectivity index (χ0) is 18.0. The van der Waals surface area contributed by atoms with E-state index in [0.29, 0.717) is 6.04 Å². The van der Waals surface area contributed by atoms with Crippen LogP contribution < -0.4 is 11.1 Å². The highest BCUT2D eigenvalue weighted by molar-refractivity contribution is 5.76. The Hall–Kier alpha value is -2.18. The van der Waals surface area contributed by atoms with Crippen molar-refractivity contribution >= 4 is 6.03 Å². The van der Waals surface area contributed by atoms with E-state index in [1.54, 1.807) is 0 Å². The Labute approximate surface area is 148 Å². The van der Waals surface area contributed by atoms with E-state index in [-0.39, 0.29) is 5.41 Å². The first-order valence-electron chi connectivity index (χ1n) is 8.57. The lowest BCUT2D eigenvalue weighted by atomic mass is 9.87. The first-order valence-corrected chi connectivity index (χ1v) is 8.57. The van der Waals surface area contributed by atoms with Crippen molar-refractivity contribution in [2.45, 2.75) is 38.6 Å². The minimum Gasteiger partial charge on any atom is -0.379 e. The standard InChI is InChI=1S/C19H25N4O2/c1-19(2,3)17-16(11-23(22-17)18(20)24)14-6-4-13(5-7-14)10-15-12-25-9-8-21-15/h4-7,15,21H,8-10,12H2,1-3H3,(H2,20,24). The molecular formula is C19H25N4O2. The van der Waals surface area contributed by atoms with Gasteiger partial charge in [-0.3, -0.25) is 0 Å². The van der Waals surface area contributed by atoms with Gasteiger partial charge in [-0.15, -0.1) is 0 Å². The van der Waals surface area contributed by atoms with Crippen molar-refractivity contribution in [1.82, 2.24) is 15.1 Å². The number of hydrogen-bond acceptors (Lipinski definition) is 4. The average molecular weight is 341 g/mol. The van der Waals surface area contributed by atoms with Crippen molar-refractivity contribution in [3.63, 3.8) is 0 Å². The van der Waals surface area contributed by atoms with Gasteiger partial charge in [0.15, 0.2) is 0 Å². The summed E-state index contributed by atoms with van der Waals surface area (Å²) in [6.45, 7) is 8.60. The number of carbonyl (C=O) groups is 1. The Bertz CT molecular complexity index is 738. The Morgan fingerprint density at radius 1 is 1.40 bits per heavy atom. The molecule has 2 aromatic rings. The third kappa shape index (κ3) is 4.08. The molecule has 1 amide bonds. The van der Waals surface area contributed by atoms with Gasteiger partial charge in [-0.1, -0.05) is 45.0 Å². The number of amides is 1. The molecule has 0 bridgehead atoms. The zero-order valence-electron chi connectivity index (χ0n) is 15.0. The molecule has 25 heavy (non-hydrogen) atoms. The second kappa shape index (κ2) is 6.98. The fourth-order valence-corrected chi connectivity index (χ4v) is 3.01. The summed E-state index contributed by atoms with van der Waals surface area (Å²) >= 11 is 0. The first-order chi connectivity index (χ1) is 11.8. The van der Waals surface area contributed by atoms with E-state index in [1.165, 1.54) is 5.56 Å². The predicted molar refractivity (Wildman–Crippen MR) is 96.5 cm³/mol. The van der Waals surface area contributed by atoms with Crippen LogP contribution in [0.2, 0.25) is 0 Å². The van der Waals surface area contributed by atoms with Crippen LogP contribution in [-0.2, 0) is 16.6 Å². The van der Waals surface area contributed by atoms with E-state index in [4.69, 9.17) is 10.5 Å². The van der Waals surface area contributed by atoms with Crippen molar-refractivity contribution in [3.05, 3.63) is 41.7 Å². The molecule has 1 fully saturated rings. The van der Waals surface area contributed by atoms with Crippen molar-refractivity contribution in [2.24, 2.45) is 5.73 Å². The van der Waals surface area contributed by atoms with Gasteiger partial charge in [-0.2, -0.15) is 9.78 Å². The molecule has 133 valence electrons. The van der Waals surface area contributed by atoms with Gasteiger partial charge in [0, 0.05) is 23.6 Å². The molecule has 2 heterocycles. The van der Waals surface area contributed by atoms with E-state index < -0.39 is 6.03 Å². The summed E-state index contributed by atoms with van der Waals surface area (Å²) in [6.07, 6.45) is 3.93. The number of morpholine rings is 1. The number of nitrogens with two attached hydrogens (primary N) is 1. The number of rotatable bonds is 3. The lowest BCUT2D eigenvalue weighted by Gasteiger charge is -2.23. The molecule has 1 unspecified atom stereocenters. The van der Waals surface area contributed by atoms with Gasteiger partial charge in [0.25, 0.3) is 0 Å². The van der Waals surface area contributed by atoms with Crippen molar-refractivity contribution in [3.8, 4) is 11.1 Å². The quantitative estimate of drug-likeness (QED) is 0.896. The van der Waals surface area contributed by atoms with Crippen LogP contribution in [0.15, 0.2) is 24.3 Å². The third-order valence-corrected chi connectivity index (χ3v) is 4.30. The molecule has 0 spiro atoms. The summed E-state index contributed by atoms with van der Waals surface area (Å²) in [5.74, 6) is 0. The summed E-state index contributed by atoms with van der Waals surface area (Å²) in [5, 5.41) is 7.80. The number of ether oxygens (including phenoxy) is 1. The zero-order valence-corrected chi connectivity index (χ0v) is 15.0. The monoisotopic (exact) mass is 341 g/mol. The molecule has 1 aromatic carbocycles. The van der Waals surface area contributed by atoms with Crippen LogP contribution in [0.25, 0.3) is 11.1 Å². The van der Waals surface area contributed by atoms with Gasteiger partial charge in [-0.05, 0) is 17.5 Å². The molecule has 0 aliphatic carbocycles. The summed E-state index contributed by atoms with van der Waals surface area (Å²) in [6, 6.07) is 8.03. The number of aromatic nitrogens is 2. The molecule has 0 saturated carbocycles. The Morgan fingerprint density at radius 2 is 2.12 bits per heavy atom. The molecule has 1 atom stereocenters. The topological polar surface area (TPSA) is 82.2 Å². The van der Waals surface area contributed by atoms with Crippen LogP contribution in [0.5, 0.6) is 0 Å². The normalized spacial score (nSPS) is 18.3. The number of benzene rings is 1. The van der Waals surface area contributed by atoms with Gasteiger partial charge < -0.3 is 15.8 Å². The Morgan fingerprint density at radius 3 is 2.68 bits per heavy atom. The fraction of sp³-hybridized carbons (Fsp3) is 0.474. The molecule has 1 saturated heterocycles. The molecule has 1 aliphatic heterocycles. The van der Waals surface area contributed by atoms with Gasteiger partial charge >= 0.3 is 6.03 Å². The van der Waals surface area contributed by atoms with Gasteiger partial charge in [0.1, 0.15) is 6.20 Å². The molecular weight excluding hydrogens is 316 g/mol. The van der Waals surface area contributed by atoms with Gasteiger partial charge in [0.05, 0.1) is 18.9 Å². The molecule has 3 rings (SSSR count). The van der Waals surface area contributed by atoms with E-state index in [1.807, 2.05) is 12.1 Å². The lowest BCUT2D eigenvalue weighted by molar-refractivity contribution is 0.0770. The largest absolute Gasteiger partial charge is 0.379 e. The number of hydrogen-bond donors (Lipinski definition) is 2. The number of carbonyl (C=O) groups excluding carboxylic acids is 1. The third-order valence-electron chi connectivity index (χ3n) is 4.30. The van der Waals surface area contributed by atoms with Crippen molar-refractivity contribution < 1.29 is 9.53 Å². The van der Waals surface area contributed by atoms with Crippen LogP contribution in [0, 0.1) is 6.20 Å². The second-order valence-electron chi connectivity index (χ2n) is 7.46. The van der Waals surface area contributed by atoms with Crippen LogP contribution in [-0.4, -0.2) is 41.6 Å². The summed E-state index contributed by atoms with van der Waals surface area (Å²) < 4.78 is 6.59. The van der Waals surface area contributed by atoms with E-state index >= 15 is 0 Å². The highest BCUT2D eigenvalue weighted by Gasteiger charge is 2.25. The smallest absolute Gasteiger partial charge is 0.340 e. The summed E-state index contributed by atoms with van der Waals surface area (Å²) in [7, 11) is 0. The van der Waals surface area contributed by atoms with Crippen molar-refractivity contribution in [2.75, 3.05) is 19.8 Å². The van der Waals surface area contributed by atoms with E-state index in [0.717, 1.165) is 47.7 Å². The minimum absolute atomic E-state index is 0.214. The molecule has 3 N–H and O–H groups in total. The Kier molecular flexibility index (Phi) is 4.92. The number of primary amides is 1. The van der Waals surface area contributed by atoms with Gasteiger partial charge in [-0.25, -0.2) is 4.79 Å². The average Bonchev–Trinajstić information content (AvgIpc) is 3.02. The molecule has 1 aliphatic rings. The minimum atomic E-state index is -0.628. The van der Waals surface area contributed by atoms with E-state index in [2.05, 4.69) is 49.5 Å². The second-order valence-corrected chi connectivity index (χ2v) is 7.46. The number of nitrogens with one attached hydrogen (secondary N) is 1. The maximum absolute atomic E-state index is 11.5. The molecule has 1 aromatic heterocycles. The maximum Gasteiger partial charge on any atom is 0.340 e. The van der Waals surface area contributed by atoms with Crippen molar-refractivity contribution in [1.29, 1.82) is 0 Å². The van der Waals surface area contributed by atoms with Crippen LogP contribution in [0.1, 0.15) is 32.0 Å². The van der Waals surface area contributed by atoms with Crippen LogP contribution in [0.3, 0.4) is 0 Å². The highest BCUT2D eigenvalue weighted by atomic mass is 16.5. The molecule has 6 nitrogen and oxygen atoms in total. The van der Waals surface area contributed by atoms with E-state index in [9.17, 15) is 4.79 Å². The fourth-order valence-electron chi connectivity index (χ4n) is 3.01. The SMILES string of the molecule is CC(C)(C)c1nn(C(N)=O)[c]c1-c1ccc(CC2COCCN2)cc1. The summed E-state index contributed by atoms with van der Waals surface area (Å²) in [4.78, 5) is 11.5. The molecule has 6 heteroatoms. The highest BCUT2D eigenvalue weighted by Crippen LogP contribution is 2.31. The van der Waals surface area contributed by atoms with Gasteiger partial charge in [0.2, 0.25) is 0 Å². The first kappa shape index (κ1) is 17.6. The molecule has 1 radical (unpaired) electrons. The van der Waals surface area contributed by atoms with Crippen LogP contribution >= 0.6 is 0 Å². The Balaban J connectivity index is 1.85. The maximum atomic E-state index is 11.5. The summed E-state index contributed by atoms with van der Waals surface area (Å²) in [5.41, 5.74) is 8.99. The number of nitrogens with zero attached hydrogens (tertiary/aromatic N) is 2. The lowest BCUT2D eigenvalue weighted by Crippen LogP contribution is -2.42. The predicted octanol–water partition coefficient (Wildman–Crippen LogP) is 2.11. The van der Waals surface area contributed by atoms with Crippen LogP contribution in [0.4, 0.5) is 4.79 Å².